The Kier molecular flexibility index (Phi) is 3.97. The number of carboxylic acids is 1. The monoisotopic (exact) mass is 319 g/mol. The molecule has 0 aliphatic heterocycles. The summed E-state index contributed by atoms with van der Waals surface area (Å²) in [6, 6.07) is 13.0. The molecule has 5 heteroatoms. The molecule has 0 spiro atoms. The molecule has 0 radical (unpaired) electrons. The van der Waals surface area contributed by atoms with Crippen LogP contribution in [-0.4, -0.2) is 17.0 Å². The van der Waals surface area contributed by atoms with E-state index in [2.05, 4.69) is 21.2 Å². The highest BCUT2D eigenvalue weighted by Gasteiger charge is 2.08. The fourth-order valence-electron chi connectivity index (χ4n) is 1.50. The van der Waals surface area contributed by atoms with Gasteiger partial charge in [0, 0.05) is 15.7 Å². The molecule has 0 unspecified atom stereocenters. The van der Waals surface area contributed by atoms with Gasteiger partial charge in [-0.05, 0) is 48.5 Å². The summed E-state index contributed by atoms with van der Waals surface area (Å²) in [5.74, 6) is -1.29. The first-order chi connectivity index (χ1) is 9.06. The average Bonchev–Trinajstić information content (AvgIpc) is 2.41. The van der Waals surface area contributed by atoms with Gasteiger partial charge < -0.3 is 10.4 Å². The van der Waals surface area contributed by atoms with Gasteiger partial charge in [0.2, 0.25) is 0 Å². The topological polar surface area (TPSA) is 66.4 Å². The normalized spacial score (nSPS) is 9.95. The number of carbonyl (C=O) groups is 2. The molecule has 0 aliphatic rings. The van der Waals surface area contributed by atoms with Gasteiger partial charge in [-0.15, -0.1) is 0 Å². The molecule has 0 heterocycles. The molecule has 96 valence electrons. The van der Waals surface area contributed by atoms with Gasteiger partial charge in [-0.1, -0.05) is 15.9 Å². The highest BCUT2D eigenvalue weighted by atomic mass is 79.9. The summed E-state index contributed by atoms with van der Waals surface area (Å²) in [6.07, 6.45) is 0. The predicted molar refractivity (Wildman–Crippen MR) is 75.5 cm³/mol. The molecule has 2 aromatic rings. The van der Waals surface area contributed by atoms with Crippen LogP contribution in [0.25, 0.3) is 0 Å². The molecule has 19 heavy (non-hydrogen) atoms. The van der Waals surface area contributed by atoms with E-state index in [-0.39, 0.29) is 11.5 Å². The van der Waals surface area contributed by atoms with Crippen molar-refractivity contribution >= 4 is 33.5 Å². The number of nitrogens with one attached hydrogen (secondary N) is 1. The number of rotatable bonds is 3. The van der Waals surface area contributed by atoms with Crippen molar-refractivity contribution in [1.29, 1.82) is 0 Å². The molecule has 1 amide bonds. The summed E-state index contributed by atoms with van der Waals surface area (Å²) in [6.45, 7) is 0. The van der Waals surface area contributed by atoms with Crippen molar-refractivity contribution in [2.24, 2.45) is 0 Å². The lowest BCUT2D eigenvalue weighted by Gasteiger charge is -2.05. The van der Waals surface area contributed by atoms with Crippen LogP contribution < -0.4 is 5.32 Å². The number of amides is 1. The van der Waals surface area contributed by atoms with Crippen LogP contribution >= 0.6 is 15.9 Å². The van der Waals surface area contributed by atoms with Gasteiger partial charge in [-0.25, -0.2) is 4.79 Å². The first kappa shape index (κ1) is 13.3. The van der Waals surface area contributed by atoms with Gasteiger partial charge in [0.1, 0.15) is 0 Å². The molecule has 0 bridgehead atoms. The molecule has 2 rings (SSSR count). The molecule has 4 nitrogen and oxygen atoms in total. The van der Waals surface area contributed by atoms with Gasteiger partial charge in [-0.2, -0.15) is 0 Å². The van der Waals surface area contributed by atoms with Gasteiger partial charge in [0.05, 0.1) is 5.56 Å². The zero-order valence-electron chi connectivity index (χ0n) is 9.76. The molecule has 0 aliphatic carbocycles. The molecule has 0 atom stereocenters. The molecule has 2 aromatic carbocycles. The predicted octanol–water partition coefficient (Wildman–Crippen LogP) is 3.40. The summed E-state index contributed by atoms with van der Waals surface area (Å²) >= 11 is 3.31. The van der Waals surface area contributed by atoms with Crippen LogP contribution in [0.4, 0.5) is 5.69 Å². The number of halogens is 1. The minimum absolute atomic E-state index is 0.153. The highest BCUT2D eigenvalue weighted by molar-refractivity contribution is 9.10. The van der Waals surface area contributed by atoms with E-state index >= 15 is 0 Å². The average molecular weight is 320 g/mol. The van der Waals surface area contributed by atoms with Crippen LogP contribution in [0, 0.1) is 0 Å². The molecule has 2 N–H and O–H groups in total. The number of hydrogen-bond donors (Lipinski definition) is 2. The fourth-order valence-corrected chi connectivity index (χ4v) is 1.76. The van der Waals surface area contributed by atoms with Crippen molar-refractivity contribution in [2.45, 2.75) is 0 Å². The standard InChI is InChI=1S/C14H10BrNO3/c15-11-5-7-12(8-6-11)16-13(17)9-1-3-10(4-2-9)14(18)19/h1-8H,(H,16,17)(H,18,19). The Bertz CT molecular complexity index is 606. The van der Waals surface area contributed by atoms with Gasteiger partial charge in [-0.3, -0.25) is 4.79 Å². The van der Waals surface area contributed by atoms with Crippen LogP contribution in [0.1, 0.15) is 20.7 Å². The Morgan fingerprint density at radius 2 is 1.42 bits per heavy atom. The Morgan fingerprint density at radius 1 is 0.895 bits per heavy atom. The van der Waals surface area contributed by atoms with Gasteiger partial charge >= 0.3 is 5.97 Å². The highest BCUT2D eigenvalue weighted by Crippen LogP contribution is 2.15. The molecular weight excluding hydrogens is 310 g/mol. The lowest BCUT2D eigenvalue weighted by atomic mass is 10.1. The summed E-state index contributed by atoms with van der Waals surface area (Å²) in [4.78, 5) is 22.6. The van der Waals surface area contributed by atoms with Crippen molar-refractivity contribution in [2.75, 3.05) is 5.32 Å². The number of carbonyl (C=O) groups excluding carboxylic acids is 1. The van der Waals surface area contributed by atoms with E-state index in [1.165, 1.54) is 24.3 Å². The van der Waals surface area contributed by atoms with E-state index < -0.39 is 5.97 Å². The van der Waals surface area contributed by atoms with Crippen LogP contribution in [0.5, 0.6) is 0 Å². The minimum Gasteiger partial charge on any atom is -0.478 e. The number of anilines is 1. The molecule has 0 aromatic heterocycles. The van der Waals surface area contributed by atoms with Crippen molar-refractivity contribution < 1.29 is 14.7 Å². The quantitative estimate of drug-likeness (QED) is 0.911. The smallest absolute Gasteiger partial charge is 0.335 e. The van der Waals surface area contributed by atoms with Crippen molar-refractivity contribution in [1.82, 2.24) is 0 Å². The van der Waals surface area contributed by atoms with E-state index in [1.54, 1.807) is 12.1 Å². The maximum absolute atomic E-state index is 11.9. The van der Waals surface area contributed by atoms with Crippen molar-refractivity contribution in [3.05, 3.63) is 64.1 Å². The number of carboxylic acid groups (broad SMARTS) is 1. The molecule has 0 saturated heterocycles. The van der Waals surface area contributed by atoms with E-state index in [9.17, 15) is 9.59 Å². The molecular formula is C14H10BrNO3. The maximum atomic E-state index is 11.9. The van der Waals surface area contributed by atoms with Gasteiger partial charge in [0.25, 0.3) is 5.91 Å². The first-order valence-electron chi connectivity index (χ1n) is 5.46. The van der Waals surface area contributed by atoms with Gasteiger partial charge in [0.15, 0.2) is 0 Å². The summed E-state index contributed by atoms with van der Waals surface area (Å²) < 4.78 is 0.927. The first-order valence-corrected chi connectivity index (χ1v) is 6.26. The molecule has 0 fully saturated rings. The van der Waals surface area contributed by atoms with Crippen LogP contribution in [0.3, 0.4) is 0 Å². The fraction of sp³-hybridized carbons (Fsp3) is 0. The summed E-state index contributed by atoms with van der Waals surface area (Å²) in [5, 5.41) is 11.5. The SMILES string of the molecule is O=C(O)c1ccc(C(=O)Nc2ccc(Br)cc2)cc1. The Balaban J connectivity index is 2.11. The van der Waals surface area contributed by atoms with Crippen LogP contribution in [0.15, 0.2) is 53.0 Å². The van der Waals surface area contributed by atoms with Crippen LogP contribution in [-0.2, 0) is 0 Å². The largest absolute Gasteiger partial charge is 0.478 e. The summed E-state index contributed by atoms with van der Waals surface area (Å²) in [5.41, 5.74) is 1.24. The van der Waals surface area contributed by atoms with E-state index in [1.807, 2.05) is 12.1 Å². The second-order valence-corrected chi connectivity index (χ2v) is 4.76. The van der Waals surface area contributed by atoms with Crippen LogP contribution in [0.2, 0.25) is 0 Å². The Hall–Kier alpha value is -2.14. The van der Waals surface area contributed by atoms with E-state index in [0.29, 0.717) is 11.3 Å². The third-order valence-electron chi connectivity index (χ3n) is 2.50. The number of hydrogen-bond acceptors (Lipinski definition) is 2. The second-order valence-electron chi connectivity index (χ2n) is 3.84. The number of aromatic carboxylic acids is 1. The third-order valence-corrected chi connectivity index (χ3v) is 3.02. The lowest BCUT2D eigenvalue weighted by molar-refractivity contribution is 0.0696. The van der Waals surface area contributed by atoms with Crippen molar-refractivity contribution in [3.63, 3.8) is 0 Å². The zero-order chi connectivity index (χ0) is 13.8. The van der Waals surface area contributed by atoms with E-state index in [4.69, 9.17) is 5.11 Å². The zero-order valence-corrected chi connectivity index (χ0v) is 11.3. The second kappa shape index (κ2) is 5.67. The molecule has 0 saturated carbocycles. The minimum atomic E-state index is -1.01. The number of benzene rings is 2. The maximum Gasteiger partial charge on any atom is 0.335 e. The Labute approximate surface area is 118 Å². The van der Waals surface area contributed by atoms with Crippen molar-refractivity contribution in [3.8, 4) is 0 Å². The third kappa shape index (κ3) is 3.42. The lowest BCUT2D eigenvalue weighted by Crippen LogP contribution is -2.12. The van der Waals surface area contributed by atoms with E-state index in [0.717, 1.165) is 4.47 Å². The summed E-state index contributed by atoms with van der Waals surface area (Å²) in [7, 11) is 0. The Morgan fingerprint density at radius 3 is 1.95 bits per heavy atom.